The number of imidazole rings is 1. The number of hydrogen-bond donors (Lipinski definition) is 1. The van der Waals surface area contributed by atoms with Gasteiger partial charge >= 0.3 is 0 Å². The number of aromatic nitrogens is 2. The number of amides is 1. The van der Waals surface area contributed by atoms with Gasteiger partial charge in [-0.2, -0.15) is 0 Å². The predicted octanol–water partition coefficient (Wildman–Crippen LogP) is 4.60. The van der Waals surface area contributed by atoms with Gasteiger partial charge in [0.05, 0.1) is 5.69 Å². The van der Waals surface area contributed by atoms with E-state index in [-0.39, 0.29) is 5.91 Å². The zero-order chi connectivity index (χ0) is 19.5. The standard InChI is InChI=1S/C23H25N3O2/c1-16-9-11-20(12-10-16)28-17(2)23(27)24-19-7-5-6-18(14-19)21-15-26-13-4-3-8-22(26)25-21/h5-7,9-12,14-15,17H,3-4,8,13H2,1-2H3,(H,24,27). The fourth-order valence-corrected chi connectivity index (χ4v) is 3.43. The summed E-state index contributed by atoms with van der Waals surface area (Å²) in [5, 5.41) is 2.95. The fraction of sp³-hybridized carbons (Fsp3) is 0.304. The molecule has 2 heterocycles. The van der Waals surface area contributed by atoms with E-state index in [0.717, 1.165) is 41.3 Å². The Balaban J connectivity index is 1.44. The fourth-order valence-electron chi connectivity index (χ4n) is 3.43. The van der Waals surface area contributed by atoms with Crippen LogP contribution in [0.5, 0.6) is 5.75 Å². The molecule has 4 rings (SSSR count). The minimum absolute atomic E-state index is 0.179. The third kappa shape index (κ3) is 4.09. The number of hydrogen-bond acceptors (Lipinski definition) is 3. The monoisotopic (exact) mass is 375 g/mol. The van der Waals surface area contributed by atoms with Crippen LogP contribution < -0.4 is 10.1 Å². The minimum Gasteiger partial charge on any atom is -0.481 e. The van der Waals surface area contributed by atoms with Crippen LogP contribution in [-0.2, 0) is 17.8 Å². The Morgan fingerprint density at radius 3 is 2.79 bits per heavy atom. The molecule has 1 aliphatic heterocycles. The van der Waals surface area contributed by atoms with Gasteiger partial charge in [-0.05, 0) is 51.0 Å². The number of nitrogens with zero attached hydrogens (tertiary/aromatic N) is 2. The molecule has 144 valence electrons. The maximum absolute atomic E-state index is 12.5. The minimum atomic E-state index is -0.591. The third-order valence-corrected chi connectivity index (χ3v) is 5.04. The van der Waals surface area contributed by atoms with Gasteiger partial charge in [0.15, 0.2) is 6.10 Å². The van der Waals surface area contributed by atoms with Gasteiger partial charge < -0.3 is 14.6 Å². The summed E-state index contributed by atoms with van der Waals surface area (Å²) < 4.78 is 7.98. The summed E-state index contributed by atoms with van der Waals surface area (Å²) in [7, 11) is 0. The lowest BCUT2D eigenvalue weighted by molar-refractivity contribution is -0.122. The van der Waals surface area contributed by atoms with Crippen LogP contribution in [-0.4, -0.2) is 21.6 Å². The van der Waals surface area contributed by atoms with Crippen LogP contribution in [0.4, 0.5) is 5.69 Å². The lowest BCUT2D eigenvalue weighted by Crippen LogP contribution is -2.30. The molecule has 0 aliphatic carbocycles. The zero-order valence-electron chi connectivity index (χ0n) is 16.3. The van der Waals surface area contributed by atoms with Crippen molar-refractivity contribution in [1.82, 2.24) is 9.55 Å². The first-order valence-electron chi connectivity index (χ1n) is 9.79. The number of carbonyl (C=O) groups is 1. The van der Waals surface area contributed by atoms with Crippen LogP contribution in [0.1, 0.15) is 31.2 Å². The van der Waals surface area contributed by atoms with Crippen LogP contribution in [0.3, 0.4) is 0 Å². The van der Waals surface area contributed by atoms with Crippen LogP contribution in [0.15, 0.2) is 54.7 Å². The first kappa shape index (κ1) is 18.3. The van der Waals surface area contributed by atoms with Crippen molar-refractivity contribution in [3.63, 3.8) is 0 Å². The van der Waals surface area contributed by atoms with Crippen molar-refractivity contribution >= 4 is 11.6 Å². The van der Waals surface area contributed by atoms with Gasteiger partial charge in [0.1, 0.15) is 11.6 Å². The van der Waals surface area contributed by atoms with Crippen molar-refractivity contribution in [2.24, 2.45) is 0 Å². The Hall–Kier alpha value is -3.08. The summed E-state index contributed by atoms with van der Waals surface area (Å²) in [5.74, 6) is 1.66. The maximum atomic E-state index is 12.5. The molecule has 0 saturated carbocycles. The van der Waals surface area contributed by atoms with E-state index in [1.807, 2.05) is 55.5 Å². The second kappa shape index (κ2) is 7.89. The molecule has 1 aliphatic rings. The van der Waals surface area contributed by atoms with Crippen molar-refractivity contribution < 1.29 is 9.53 Å². The number of anilines is 1. The largest absolute Gasteiger partial charge is 0.481 e. The Morgan fingerprint density at radius 1 is 1.18 bits per heavy atom. The molecule has 5 nitrogen and oxygen atoms in total. The van der Waals surface area contributed by atoms with Gasteiger partial charge in [0, 0.05) is 30.4 Å². The number of fused-ring (bicyclic) bond motifs is 1. The molecule has 1 atom stereocenters. The summed E-state index contributed by atoms with van der Waals surface area (Å²) in [6, 6.07) is 15.5. The van der Waals surface area contributed by atoms with Crippen LogP contribution in [0.25, 0.3) is 11.3 Å². The van der Waals surface area contributed by atoms with Gasteiger partial charge in [-0.1, -0.05) is 29.8 Å². The highest BCUT2D eigenvalue weighted by atomic mass is 16.5. The molecule has 28 heavy (non-hydrogen) atoms. The molecule has 1 amide bonds. The average molecular weight is 375 g/mol. The van der Waals surface area contributed by atoms with E-state index >= 15 is 0 Å². The summed E-state index contributed by atoms with van der Waals surface area (Å²) in [6.45, 7) is 4.80. The molecule has 0 fully saturated rings. The van der Waals surface area contributed by atoms with Crippen molar-refractivity contribution in [3.8, 4) is 17.0 Å². The highest BCUT2D eigenvalue weighted by molar-refractivity contribution is 5.94. The molecule has 0 saturated heterocycles. The Morgan fingerprint density at radius 2 is 2.00 bits per heavy atom. The second-order valence-corrected chi connectivity index (χ2v) is 7.34. The predicted molar refractivity (Wildman–Crippen MR) is 110 cm³/mol. The molecule has 1 aromatic heterocycles. The number of benzene rings is 2. The molecular formula is C23H25N3O2. The summed E-state index contributed by atoms with van der Waals surface area (Å²) in [4.78, 5) is 17.3. The Kier molecular flexibility index (Phi) is 5.15. The normalized spacial score (nSPS) is 14.2. The van der Waals surface area contributed by atoms with E-state index in [0.29, 0.717) is 5.75 Å². The van der Waals surface area contributed by atoms with E-state index in [4.69, 9.17) is 9.72 Å². The van der Waals surface area contributed by atoms with E-state index in [2.05, 4.69) is 16.1 Å². The number of nitrogens with one attached hydrogen (secondary N) is 1. The molecular weight excluding hydrogens is 350 g/mol. The number of rotatable bonds is 5. The summed E-state index contributed by atoms with van der Waals surface area (Å²) in [5.41, 5.74) is 3.86. The Labute approximate surface area is 165 Å². The lowest BCUT2D eigenvalue weighted by atomic mass is 10.1. The first-order valence-corrected chi connectivity index (χ1v) is 9.79. The van der Waals surface area contributed by atoms with Crippen molar-refractivity contribution in [1.29, 1.82) is 0 Å². The second-order valence-electron chi connectivity index (χ2n) is 7.34. The van der Waals surface area contributed by atoms with Gasteiger partial charge in [-0.3, -0.25) is 4.79 Å². The third-order valence-electron chi connectivity index (χ3n) is 5.04. The summed E-state index contributed by atoms with van der Waals surface area (Å²) >= 11 is 0. The van der Waals surface area contributed by atoms with Crippen molar-refractivity contribution in [3.05, 3.63) is 66.1 Å². The molecule has 0 radical (unpaired) electrons. The molecule has 1 N–H and O–H groups in total. The quantitative estimate of drug-likeness (QED) is 0.709. The highest BCUT2D eigenvalue weighted by Crippen LogP contribution is 2.25. The van der Waals surface area contributed by atoms with E-state index in [1.54, 1.807) is 6.92 Å². The maximum Gasteiger partial charge on any atom is 0.265 e. The van der Waals surface area contributed by atoms with E-state index < -0.39 is 6.10 Å². The topological polar surface area (TPSA) is 56.1 Å². The number of ether oxygens (including phenoxy) is 1. The molecule has 0 spiro atoms. The molecule has 1 unspecified atom stereocenters. The average Bonchev–Trinajstić information content (AvgIpc) is 3.14. The molecule has 5 heteroatoms. The molecule has 2 aromatic carbocycles. The van der Waals surface area contributed by atoms with E-state index in [9.17, 15) is 4.79 Å². The van der Waals surface area contributed by atoms with Gasteiger partial charge in [-0.15, -0.1) is 0 Å². The smallest absolute Gasteiger partial charge is 0.265 e. The van der Waals surface area contributed by atoms with E-state index in [1.165, 1.54) is 12.8 Å². The molecule has 0 bridgehead atoms. The van der Waals surface area contributed by atoms with Crippen LogP contribution in [0, 0.1) is 6.92 Å². The number of carbonyl (C=O) groups excluding carboxylic acids is 1. The summed E-state index contributed by atoms with van der Waals surface area (Å²) in [6.07, 6.45) is 4.96. The highest BCUT2D eigenvalue weighted by Gasteiger charge is 2.16. The van der Waals surface area contributed by atoms with Gasteiger partial charge in [0.25, 0.3) is 5.91 Å². The Bertz CT molecular complexity index is 952. The zero-order valence-corrected chi connectivity index (χ0v) is 16.3. The van der Waals surface area contributed by atoms with Crippen LogP contribution in [0.2, 0.25) is 0 Å². The molecule has 3 aromatic rings. The van der Waals surface area contributed by atoms with Gasteiger partial charge in [-0.25, -0.2) is 4.98 Å². The first-order chi connectivity index (χ1) is 13.6. The number of aryl methyl sites for hydroxylation is 3. The lowest BCUT2D eigenvalue weighted by Gasteiger charge is -2.15. The van der Waals surface area contributed by atoms with Gasteiger partial charge in [0.2, 0.25) is 0 Å². The van der Waals surface area contributed by atoms with Crippen molar-refractivity contribution in [2.75, 3.05) is 5.32 Å². The SMILES string of the molecule is Cc1ccc(OC(C)C(=O)Nc2cccc(-c3cn4c(n3)CCCC4)c2)cc1. The van der Waals surface area contributed by atoms with Crippen LogP contribution >= 0.6 is 0 Å². The van der Waals surface area contributed by atoms with Crippen molar-refractivity contribution in [2.45, 2.75) is 45.8 Å².